The first-order valence-corrected chi connectivity index (χ1v) is 8.92. The van der Waals surface area contributed by atoms with Crippen molar-refractivity contribution in [3.8, 4) is 0 Å². The number of halogens is 1. The van der Waals surface area contributed by atoms with Crippen molar-refractivity contribution in [3.05, 3.63) is 58.6 Å². The van der Waals surface area contributed by atoms with E-state index < -0.39 is 0 Å². The fourth-order valence-corrected chi connectivity index (χ4v) is 3.56. The van der Waals surface area contributed by atoms with Gasteiger partial charge in [0.2, 0.25) is 5.91 Å². The van der Waals surface area contributed by atoms with Crippen LogP contribution in [-0.2, 0) is 4.79 Å². The van der Waals surface area contributed by atoms with Gasteiger partial charge in [-0.1, -0.05) is 42.0 Å². The zero-order valence-electron chi connectivity index (χ0n) is 13.8. The first-order chi connectivity index (χ1) is 12.2. The maximum absolute atomic E-state index is 12.1. The number of piperazine rings is 1. The van der Waals surface area contributed by atoms with Gasteiger partial charge in [0.15, 0.2) is 0 Å². The average Bonchev–Trinajstić information content (AvgIpc) is 2.76. The fraction of sp³-hybridized carbons (Fsp3) is 0.250. The predicted molar refractivity (Wildman–Crippen MR) is 104 cm³/mol. The second kappa shape index (κ2) is 6.90. The van der Waals surface area contributed by atoms with Crippen LogP contribution in [0.4, 0.5) is 11.4 Å². The predicted octanol–water partition coefficient (Wildman–Crippen LogP) is 3.63. The topological polar surface area (TPSA) is 44.4 Å². The third-order valence-corrected chi connectivity index (χ3v) is 4.97. The van der Waals surface area contributed by atoms with Crippen LogP contribution in [0.2, 0.25) is 5.02 Å². The highest BCUT2D eigenvalue weighted by molar-refractivity contribution is 6.30. The number of carbonyl (C=O) groups is 1. The van der Waals surface area contributed by atoms with Crippen molar-refractivity contribution < 1.29 is 4.79 Å². The van der Waals surface area contributed by atoms with Crippen molar-refractivity contribution in [2.24, 2.45) is 0 Å². The quantitative estimate of drug-likeness (QED) is 0.810. The zero-order valence-corrected chi connectivity index (χ0v) is 14.6. The molecule has 2 heterocycles. The third-order valence-electron chi connectivity index (χ3n) is 4.71. The Hall–Kier alpha value is -2.30. The molecule has 1 atom stereocenters. The molecule has 2 aliphatic heterocycles. The van der Waals surface area contributed by atoms with Gasteiger partial charge in [0, 0.05) is 31.1 Å². The number of rotatable bonds is 2. The maximum Gasteiger partial charge on any atom is 0.226 e. The molecule has 0 radical (unpaired) electrons. The Labute approximate surface area is 152 Å². The summed E-state index contributed by atoms with van der Waals surface area (Å²) in [6.07, 6.45) is 4.69. The fourth-order valence-electron chi connectivity index (χ4n) is 3.44. The first-order valence-electron chi connectivity index (χ1n) is 8.54. The van der Waals surface area contributed by atoms with E-state index in [2.05, 4.69) is 33.8 Å². The highest BCUT2D eigenvalue weighted by atomic mass is 35.5. The molecule has 2 aromatic rings. The summed E-state index contributed by atoms with van der Waals surface area (Å²) in [5.41, 5.74) is 4.23. The van der Waals surface area contributed by atoms with E-state index in [0.717, 1.165) is 47.2 Å². The second-order valence-electron chi connectivity index (χ2n) is 6.47. The number of anilines is 2. The smallest absolute Gasteiger partial charge is 0.226 e. The van der Waals surface area contributed by atoms with Crippen molar-refractivity contribution in [3.63, 3.8) is 0 Å². The lowest BCUT2D eigenvalue weighted by molar-refractivity contribution is -0.116. The van der Waals surface area contributed by atoms with Crippen molar-refractivity contribution in [2.45, 2.75) is 12.5 Å². The normalized spacial score (nSPS) is 20.0. The lowest BCUT2D eigenvalue weighted by Crippen LogP contribution is -2.51. The van der Waals surface area contributed by atoms with Crippen LogP contribution >= 0.6 is 11.6 Å². The van der Waals surface area contributed by atoms with Crippen LogP contribution in [0.15, 0.2) is 42.5 Å². The minimum absolute atomic E-state index is 0.0851. The largest absolute Gasteiger partial charge is 0.364 e. The van der Waals surface area contributed by atoms with E-state index in [0.29, 0.717) is 6.42 Å². The maximum atomic E-state index is 12.1. The van der Waals surface area contributed by atoms with Gasteiger partial charge in [-0.3, -0.25) is 4.79 Å². The van der Waals surface area contributed by atoms with Crippen molar-refractivity contribution in [1.29, 1.82) is 0 Å². The number of hydrogen-bond acceptors (Lipinski definition) is 3. The van der Waals surface area contributed by atoms with E-state index in [-0.39, 0.29) is 11.9 Å². The standard InChI is InChI=1S/C20H20ClN3O/c21-16-6-3-14(4-7-16)1-2-15-5-8-18-19(11-15)24-10-9-22-13-17(24)12-20(25)23-18/h1-8,11,17,22H,9-10,12-13H2,(H,23,25). The molecule has 1 amide bonds. The number of nitrogens with zero attached hydrogens (tertiary/aromatic N) is 1. The van der Waals surface area contributed by atoms with E-state index in [9.17, 15) is 4.79 Å². The van der Waals surface area contributed by atoms with Crippen molar-refractivity contribution >= 4 is 41.0 Å². The highest BCUT2D eigenvalue weighted by Gasteiger charge is 2.29. The van der Waals surface area contributed by atoms with Crippen LogP contribution in [0.25, 0.3) is 12.2 Å². The molecule has 5 heteroatoms. The van der Waals surface area contributed by atoms with E-state index in [1.807, 2.05) is 36.4 Å². The molecule has 2 aromatic carbocycles. The Morgan fingerprint density at radius 2 is 1.84 bits per heavy atom. The second-order valence-corrected chi connectivity index (χ2v) is 6.90. The number of carbonyl (C=O) groups excluding carboxylic acids is 1. The molecule has 128 valence electrons. The lowest BCUT2D eigenvalue weighted by atomic mass is 10.1. The summed E-state index contributed by atoms with van der Waals surface area (Å²) in [6.45, 7) is 2.70. The molecule has 0 aromatic heterocycles. The number of hydrogen-bond donors (Lipinski definition) is 2. The number of amides is 1. The number of benzene rings is 2. The highest BCUT2D eigenvalue weighted by Crippen LogP contribution is 2.33. The molecule has 0 spiro atoms. The van der Waals surface area contributed by atoms with Gasteiger partial charge in [-0.25, -0.2) is 0 Å². The van der Waals surface area contributed by atoms with Crippen LogP contribution in [0.3, 0.4) is 0 Å². The lowest BCUT2D eigenvalue weighted by Gasteiger charge is -2.36. The van der Waals surface area contributed by atoms with Gasteiger partial charge in [-0.2, -0.15) is 0 Å². The van der Waals surface area contributed by atoms with Crippen LogP contribution < -0.4 is 15.5 Å². The zero-order chi connectivity index (χ0) is 17.2. The Balaban J connectivity index is 1.65. The Bertz CT molecular complexity index is 816. The molecular weight excluding hydrogens is 334 g/mol. The SMILES string of the molecule is O=C1CC2CNCCN2c2cc(C=Cc3ccc(Cl)cc3)ccc2N1. The van der Waals surface area contributed by atoms with Gasteiger partial charge in [-0.15, -0.1) is 0 Å². The van der Waals surface area contributed by atoms with Gasteiger partial charge in [0.1, 0.15) is 0 Å². The minimum atomic E-state index is 0.0851. The van der Waals surface area contributed by atoms with Gasteiger partial charge in [-0.05, 0) is 35.4 Å². The van der Waals surface area contributed by atoms with Gasteiger partial charge >= 0.3 is 0 Å². The first kappa shape index (κ1) is 16.2. The molecule has 0 aliphatic carbocycles. The monoisotopic (exact) mass is 353 g/mol. The molecule has 2 N–H and O–H groups in total. The van der Waals surface area contributed by atoms with Crippen molar-refractivity contribution in [1.82, 2.24) is 5.32 Å². The molecule has 25 heavy (non-hydrogen) atoms. The van der Waals surface area contributed by atoms with E-state index in [1.165, 1.54) is 0 Å². The number of nitrogens with one attached hydrogen (secondary N) is 2. The summed E-state index contributed by atoms with van der Waals surface area (Å²) < 4.78 is 0. The molecule has 4 nitrogen and oxygen atoms in total. The molecule has 1 saturated heterocycles. The Morgan fingerprint density at radius 3 is 2.68 bits per heavy atom. The van der Waals surface area contributed by atoms with E-state index >= 15 is 0 Å². The molecular formula is C20H20ClN3O. The van der Waals surface area contributed by atoms with Crippen LogP contribution in [0.1, 0.15) is 17.5 Å². The van der Waals surface area contributed by atoms with Gasteiger partial charge in [0.25, 0.3) is 0 Å². The van der Waals surface area contributed by atoms with Gasteiger partial charge < -0.3 is 15.5 Å². The molecule has 4 rings (SSSR count). The van der Waals surface area contributed by atoms with Gasteiger partial charge in [0.05, 0.1) is 17.4 Å². The summed E-state index contributed by atoms with van der Waals surface area (Å²) in [5, 5.41) is 7.16. The summed E-state index contributed by atoms with van der Waals surface area (Å²) >= 11 is 5.93. The van der Waals surface area contributed by atoms with E-state index in [1.54, 1.807) is 0 Å². The minimum Gasteiger partial charge on any atom is -0.364 e. The van der Waals surface area contributed by atoms with Crippen molar-refractivity contribution in [2.75, 3.05) is 29.9 Å². The van der Waals surface area contributed by atoms with Crippen LogP contribution in [-0.4, -0.2) is 31.6 Å². The third kappa shape index (κ3) is 3.55. The summed E-state index contributed by atoms with van der Waals surface area (Å²) in [6, 6.07) is 14.2. The molecule has 1 unspecified atom stereocenters. The summed E-state index contributed by atoms with van der Waals surface area (Å²) in [4.78, 5) is 14.5. The molecule has 1 fully saturated rings. The summed E-state index contributed by atoms with van der Waals surface area (Å²) in [7, 11) is 0. The molecule has 0 saturated carbocycles. The Kier molecular flexibility index (Phi) is 4.47. The summed E-state index contributed by atoms with van der Waals surface area (Å²) in [5.74, 6) is 0.0851. The molecule has 2 aliphatic rings. The number of fused-ring (bicyclic) bond motifs is 3. The van der Waals surface area contributed by atoms with Crippen LogP contribution in [0.5, 0.6) is 0 Å². The molecule has 0 bridgehead atoms. The van der Waals surface area contributed by atoms with E-state index in [4.69, 9.17) is 11.6 Å². The van der Waals surface area contributed by atoms with Crippen LogP contribution in [0, 0.1) is 0 Å². The Morgan fingerprint density at radius 1 is 1.08 bits per heavy atom. The average molecular weight is 354 g/mol.